The van der Waals surface area contributed by atoms with Gasteiger partial charge in [-0.2, -0.15) is 0 Å². The monoisotopic (exact) mass is 454 g/mol. The predicted octanol–water partition coefficient (Wildman–Crippen LogP) is 4.67. The van der Waals surface area contributed by atoms with Crippen molar-refractivity contribution in [1.82, 2.24) is 15.2 Å². The van der Waals surface area contributed by atoms with E-state index in [0.29, 0.717) is 28.1 Å². The molecule has 170 valence electrons. The first-order chi connectivity index (χ1) is 15.6. The van der Waals surface area contributed by atoms with Crippen molar-refractivity contribution in [2.24, 2.45) is 0 Å². The average Bonchev–Trinajstić information content (AvgIpc) is 2.82. The smallest absolute Gasteiger partial charge is 0.170 e. The summed E-state index contributed by atoms with van der Waals surface area (Å²) in [4.78, 5) is 6.75. The molecule has 0 aliphatic heterocycles. The van der Waals surface area contributed by atoms with Crippen molar-refractivity contribution in [1.29, 1.82) is 0 Å². The molecule has 0 saturated heterocycles. The van der Waals surface area contributed by atoms with Gasteiger partial charge in [-0.15, -0.1) is 0 Å². The molecule has 2 N–H and O–H groups in total. The van der Waals surface area contributed by atoms with Crippen LogP contribution in [0.2, 0.25) is 0 Å². The molecule has 8 heteroatoms. The highest BCUT2D eigenvalue weighted by molar-refractivity contribution is 7.80. The Kier molecular flexibility index (Phi) is 8.47. The zero-order chi connectivity index (χ0) is 22.9. The summed E-state index contributed by atoms with van der Waals surface area (Å²) in [5.41, 5.74) is 1.66. The topological polar surface area (TPSA) is 67.9 Å². The van der Waals surface area contributed by atoms with E-state index in [1.54, 1.807) is 20.4 Å². The van der Waals surface area contributed by atoms with E-state index in [4.69, 9.17) is 26.4 Å². The fourth-order valence-corrected chi connectivity index (χ4v) is 3.53. The fraction of sp³-hybridized carbons (Fsp3) is 0.333. The number of likely N-dealkylation sites (N-methyl/N-ethyl adjacent to an activating group) is 1. The Balaban J connectivity index is 1.64. The van der Waals surface area contributed by atoms with Crippen LogP contribution in [0.15, 0.2) is 48.7 Å². The number of nitrogens with zero attached hydrogens (tertiary/aromatic N) is 2. The minimum Gasteiger partial charge on any atom is -0.493 e. The van der Waals surface area contributed by atoms with Gasteiger partial charge in [-0.05, 0) is 61.7 Å². The van der Waals surface area contributed by atoms with E-state index in [1.807, 2.05) is 42.5 Å². The van der Waals surface area contributed by atoms with Crippen LogP contribution >= 0.6 is 12.2 Å². The zero-order valence-corrected chi connectivity index (χ0v) is 19.8. The summed E-state index contributed by atoms with van der Waals surface area (Å²) in [6.07, 6.45) is 1.71. The molecule has 1 heterocycles. The molecule has 3 aromatic rings. The van der Waals surface area contributed by atoms with Crippen LogP contribution in [0.4, 0.5) is 5.69 Å². The first kappa shape index (κ1) is 23.6. The van der Waals surface area contributed by atoms with Gasteiger partial charge in [-0.25, -0.2) is 0 Å². The predicted molar refractivity (Wildman–Crippen MR) is 133 cm³/mol. The number of rotatable bonds is 10. The van der Waals surface area contributed by atoms with Gasteiger partial charge in [-0.3, -0.25) is 4.98 Å². The van der Waals surface area contributed by atoms with Gasteiger partial charge in [0.25, 0.3) is 0 Å². The molecule has 3 rings (SSSR count). The maximum absolute atomic E-state index is 6.12. The van der Waals surface area contributed by atoms with Crippen LogP contribution in [0.25, 0.3) is 10.9 Å². The summed E-state index contributed by atoms with van der Waals surface area (Å²) in [7, 11) is 3.21. The second-order valence-corrected chi connectivity index (χ2v) is 7.48. The highest BCUT2D eigenvalue weighted by Crippen LogP contribution is 2.36. The Morgan fingerprint density at radius 2 is 1.66 bits per heavy atom. The van der Waals surface area contributed by atoms with Gasteiger partial charge in [0, 0.05) is 36.4 Å². The number of benzene rings is 2. The van der Waals surface area contributed by atoms with Crippen LogP contribution in [0.3, 0.4) is 0 Å². The lowest BCUT2D eigenvalue weighted by Gasteiger charge is -2.19. The van der Waals surface area contributed by atoms with Crippen molar-refractivity contribution in [3.05, 3.63) is 48.7 Å². The normalized spacial score (nSPS) is 10.8. The second-order valence-electron chi connectivity index (χ2n) is 7.07. The van der Waals surface area contributed by atoms with Crippen molar-refractivity contribution in [3.8, 4) is 23.0 Å². The van der Waals surface area contributed by atoms with E-state index in [9.17, 15) is 0 Å². The average molecular weight is 455 g/mol. The van der Waals surface area contributed by atoms with E-state index >= 15 is 0 Å². The number of hydrogen-bond acceptors (Lipinski definition) is 6. The molecule has 0 unspecified atom stereocenters. The van der Waals surface area contributed by atoms with Gasteiger partial charge in [0.15, 0.2) is 16.6 Å². The fourth-order valence-electron chi connectivity index (χ4n) is 3.31. The molecule has 1 aromatic heterocycles. The van der Waals surface area contributed by atoms with Crippen LogP contribution in [-0.4, -0.2) is 55.4 Å². The van der Waals surface area contributed by atoms with Crippen molar-refractivity contribution in [2.75, 3.05) is 45.7 Å². The molecule has 7 nitrogen and oxygen atoms in total. The number of methoxy groups -OCH3 is 2. The zero-order valence-electron chi connectivity index (χ0n) is 19.0. The maximum atomic E-state index is 6.12. The number of anilines is 1. The number of nitrogens with one attached hydrogen (secondary N) is 2. The van der Waals surface area contributed by atoms with Crippen LogP contribution in [0.5, 0.6) is 23.0 Å². The van der Waals surface area contributed by atoms with E-state index in [0.717, 1.165) is 42.8 Å². The molecule has 0 bridgehead atoms. The third kappa shape index (κ3) is 5.99. The third-order valence-corrected chi connectivity index (χ3v) is 5.40. The number of fused-ring (bicyclic) bond motifs is 1. The molecular weight excluding hydrogens is 424 g/mol. The first-order valence-corrected chi connectivity index (χ1v) is 11.0. The quantitative estimate of drug-likeness (QED) is 0.428. The van der Waals surface area contributed by atoms with E-state index in [2.05, 4.69) is 34.4 Å². The SMILES string of the molecule is CCN(CC)CCNC(=S)Nc1ccc(Oc2ccnc3cc(OC)c(OC)cc23)cc1. The van der Waals surface area contributed by atoms with Gasteiger partial charge in [0.1, 0.15) is 11.5 Å². The van der Waals surface area contributed by atoms with Crippen LogP contribution in [0, 0.1) is 0 Å². The second kappa shape index (κ2) is 11.5. The number of aromatic nitrogens is 1. The van der Waals surface area contributed by atoms with Crippen molar-refractivity contribution < 1.29 is 14.2 Å². The Hall–Kier alpha value is -3.10. The van der Waals surface area contributed by atoms with Crippen molar-refractivity contribution in [2.45, 2.75) is 13.8 Å². The van der Waals surface area contributed by atoms with E-state index < -0.39 is 0 Å². The molecule has 0 saturated carbocycles. The summed E-state index contributed by atoms with van der Waals surface area (Å²) in [5.74, 6) is 2.64. The lowest BCUT2D eigenvalue weighted by atomic mass is 10.2. The van der Waals surface area contributed by atoms with E-state index in [1.165, 1.54) is 0 Å². The minimum atomic E-state index is 0.604. The molecule has 0 spiro atoms. The van der Waals surface area contributed by atoms with Gasteiger partial charge in [-0.1, -0.05) is 13.8 Å². The molecule has 0 aliphatic carbocycles. The molecule has 32 heavy (non-hydrogen) atoms. The minimum absolute atomic E-state index is 0.604. The highest BCUT2D eigenvalue weighted by Gasteiger charge is 2.11. The van der Waals surface area contributed by atoms with Gasteiger partial charge in [0.05, 0.1) is 19.7 Å². The molecule has 0 aliphatic rings. The molecular formula is C24H30N4O3S. The third-order valence-electron chi connectivity index (χ3n) is 5.15. The number of hydrogen-bond donors (Lipinski definition) is 2. The molecule has 0 fully saturated rings. The number of thiocarbonyl (C=S) groups is 1. The summed E-state index contributed by atoms with van der Waals surface area (Å²) in [6, 6.07) is 13.2. The van der Waals surface area contributed by atoms with Gasteiger partial charge >= 0.3 is 0 Å². The molecule has 0 atom stereocenters. The maximum Gasteiger partial charge on any atom is 0.170 e. The molecule has 0 radical (unpaired) electrons. The lowest BCUT2D eigenvalue weighted by Crippen LogP contribution is -2.36. The van der Waals surface area contributed by atoms with Gasteiger partial charge in [0.2, 0.25) is 0 Å². The largest absolute Gasteiger partial charge is 0.493 e. The Bertz CT molecular complexity index is 1040. The van der Waals surface area contributed by atoms with Gasteiger partial charge < -0.3 is 29.7 Å². The van der Waals surface area contributed by atoms with Crippen LogP contribution < -0.4 is 24.8 Å². The summed E-state index contributed by atoms with van der Waals surface area (Å²) in [6.45, 7) is 8.15. The molecule has 0 amide bonds. The Labute approximate surface area is 194 Å². The standard InChI is InChI=1S/C24H30N4O3S/c1-5-28(6-2)14-13-26-24(32)27-17-7-9-18(10-8-17)31-21-11-12-25-20-16-23(30-4)22(29-3)15-19(20)21/h7-12,15-16H,5-6,13-14H2,1-4H3,(H2,26,27,32). The van der Waals surface area contributed by atoms with Crippen molar-refractivity contribution >= 4 is 33.9 Å². The van der Waals surface area contributed by atoms with Crippen LogP contribution in [-0.2, 0) is 0 Å². The highest BCUT2D eigenvalue weighted by atomic mass is 32.1. The number of pyridine rings is 1. The van der Waals surface area contributed by atoms with Crippen molar-refractivity contribution in [3.63, 3.8) is 0 Å². The summed E-state index contributed by atoms with van der Waals surface area (Å²) < 4.78 is 16.9. The Morgan fingerprint density at radius 1 is 0.969 bits per heavy atom. The first-order valence-electron chi connectivity index (χ1n) is 10.6. The molecule has 2 aromatic carbocycles. The van der Waals surface area contributed by atoms with Crippen LogP contribution in [0.1, 0.15) is 13.8 Å². The van der Waals surface area contributed by atoms with E-state index in [-0.39, 0.29) is 0 Å². The lowest BCUT2D eigenvalue weighted by molar-refractivity contribution is 0.308. The summed E-state index contributed by atoms with van der Waals surface area (Å²) >= 11 is 5.39. The number of ether oxygens (including phenoxy) is 3. The Morgan fingerprint density at radius 3 is 2.31 bits per heavy atom. The summed E-state index contributed by atoms with van der Waals surface area (Å²) in [5, 5.41) is 7.89.